The first-order valence-electron chi connectivity index (χ1n) is 7.36. The number of rotatable bonds is 6. The Balaban J connectivity index is 2.62. The Kier molecular flexibility index (Phi) is 5.57. The average Bonchev–Trinajstić information content (AvgIpc) is 2.53. The van der Waals surface area contributed by atoms with Gasteiger partial charge in [-0.2, -0.15) is 0 Å². The molecule has 0 atom stereocenters. The molecule has 0 radical (unpaired) electrons. The van der Waals surface area contributed by atoms with Crippen LogP contribution < -0.4 is 9.04 Å². The van der Waals surface area contributed by atoms with Crippen LogP contribution in [0.2, 0.25) is 5.02 Å². The zero-order valence-corrected chi connectivity index (χ0v) is 15.5. The number of aryl methyl sites for hydroxylation is 2. The Morgan fingerprint density at radius 2 is 1.83 bits per heavy atom. The highest BCUT2D eigenvalue weighted by Gasteiger charge is 2.27. The Bertz CT molecular complexity index is 842. The van der Waals surface area contributed by atoms with Crippen LogP contribution in [0.1, 0.15) is 11.1 Å². The van der Waals surface area contributed by atoms with Crippen molar-refractivity contribution in [1.82, 2.24) is 0 Å². The van der Waals surface area contributed by atoms with Crippen molar-refractivity contribution in [2.24, 2.45) is 0 Å². The summed E-state index contributed by atoms with van der Waals surface area (Å²) in [6.07, 6.45) is 1.56. The molecule has 24 heavy (non-hydrogen) atoms. The van der Waals surface area contributed by atoms with Gasteiger partial charge >= 0.3 is 0 Å². The lowest BCUT2D eigenvalue weighted by atomic mass is 10.1. The van der Waals surface area contributed by atoms with E-state index in [9.17, 15) is 8.42 Å². The molecule has 2 rings (SSSR count). The molecule has 0 saturated carbocycles. The molecule has 128 valence electrons. The van der Waals surface area contributed by atoms with Crippen LogP contribution in [0.15, 0.2) is 53.9 Å². The normalized spacial score (nSPS) is 11.2. The third kappa shape index (κ3) is 3.42. The molecule has 0 aliphatic rings. The molecule has 0 N–H and O–H groups in total. The molecule has 0 bridgehead atoms. The van der Waals surface area contributed by atoms with Crippen LogP contribution >= 0.6 is 11.6 Å². The standard InChI is InChI=1S/C18H20ClNO3S/c1-5-11-20(18-13(2)7-6-8-14(18)3)24(21,22)15-9-10-17(23-4)16(19)12-15/h5-10,12H,1,11H2,2-4H3. The van der Waals surface area contributed by atoms with E-state index in [1.54, 1.807) is 12.1 Å². The molecule has 0 aliphatic heterocycles. The van der Waals surface area contributed by atoms with Gasteiger partial charge in [-0.25, -0.2) is 8.42 Å². The average molecular weight is 366 g/mol. The summed E-state index contributed by atoms with van der Waals surface area (Å²) >= 11 is 6.10. The first-order chi connectivity index (χ1) is 11.3. The van der Waals surface area contributed by atoms with Gasteiger partial charge in [0.2, 0.25) is 0 Å². The first-order valence-corrected chi connectivity index (χ1v) is 9.18. The second-order valence-corrected chi connectivity index (χ2v) is 7.63. The molecule has 0 unspecified atom stereocenters. The second kappa shape index (κ2) is 7.28. The van der Waals surface area contributed by atoms with Crippen LogP contribution in [-0.4, -0.2) is 22.1 Å². The van der Waals surface area contributed by atoms with Gasteiger partial charge in [0.15, 0.2) is 0 Å². The fourth-order valence-corrected chi connectivity index (χ4v) is 4.47. The topological polar surface area (TPSA) is 46.6 Å². The largest absolute Gasteiger partial charge is 0.495 e. The van der Waals surface area contributed by atoms with Crippen molar-refractivity contribution in [2.45, 2.75) is 18.7 Å². The highest BCUT2D eigenvalue weighted by atomic mass is 35.5. The van der Waals surface area contributed by atoms with E-state index in [4.69, 9.17) is 16.3 Å². The molecular formula is C18H20ClNO3S. The monoisotopic (exact) mass is 365 g/mol. The number of hydrogen-bond acceptors (Lipinski definition) is 3. The quantitative estimate of drug-likeness (QED) is 0.715. The van der Waals surface area contributed by atoms with Crippen LogP contribution in [0.25, 0.3) is 0 Å². The minimum atomic E-state index is -3.79. The number of benzene rings is 2. The van der Waals surface area contributed by atoms with Crippen molar-refractivity contribution in [3.63, 3.8) is 0 Å². The van der Waals surface area contributed by atoms with E-state index in [2.05, 4.69) is 6.58 Å². The van der Waals surface area contributed by atoms with E-state index in [-0.39, 0.29) is 16.5 Å². The van der Waals surface area contributed by atoms with E-state index >= 15 is 0 Å². The van der Waals surface area contributed by atoms with Crippen LogP contribution in [0, 0.1) is 13.8 Å². The predicted octanol–water partition coefficient (Wildman–Crippen LogP) is 4.35. The number of sulfonamides is 1. The van der Waals surface area contributed by atoms with Crippen molar-refractivity contribution in [1.29, 1.82) is 0 Å². The zero-order chi connectivity index (χ0) is 17.9. The number of para-hydroxylation sites is 1. The lowest BCUT2D eigenvalue weighted by molar-refractivity contribution is 0.414. The molecule has 4 nitrogen and oxygen atoms in total. The predicted molar refractivity (Wildman–Crippen MR) is 98.6 cm³/mol. The summed E-state index contributed by atoms with van der Waals surface area (Å²) in [7, 11) is -2.30. The highest BCUT2D eigenvalue weighted by molar-refractivity contribution is 7.92. The molecular weight excluding hydrogens is 346 g/mol. The molecule has 2 aromatic rings. The summed E-state index contributed by atoms with van der Waals surface area (Å²) in [6, 6.07) is 10.1. The van der Waals surface area contributed by atoms with E-state index in [1.807, 2.05) is 32.0 Å². The summed E-state index contributed by atoms with van der Waals surface area (Å²) in [4.78, 5) is 0.109. The van der Waals surface area contributed by atoms with Crippen LogP contribution in [0.4, 0.5) is 5.69 Å². The Morgan fingerprint density at radius 3 is 2.33 bits per heavy atom. The number of hydrogen-bond donors (Lipinski definition) is 0. The molecule has 2 aromatic carbocycles. The Morgan fingerprint density at radius 1 is 1.21 bits per heavy atom. The van der Waals surface area contributed by atoms with Crippen molar-refractivity contribution >= 4 is 27.3 Å². The van der Waals surface area contributed by atoms with Gasteiger partial charge in [0.1, 0.15) is 5.75 Å². The SMILES string of the molecule is C=CCN(c1c(C)cccc1C)S(=O)(=O)c1ccc(OC)c(Cl)c1. The third-order valence-electron chi connectivity index (χ3n) is 3.70. The van der Waals surface area contributed by atoms with Gasteiger partial charge in [0.05, 0.1) is 29.3 Å². The Hall–Kier alpha value is -1.98. The summed E-state index contributed by atoms with van der Waals surface area (Å²) in [6.45, 7) is 7.62. The van der Waals surface area contributed by atoms with E-state index < -0.39 is 10.0 Å². The van der Waals surface area contributed by atoms with Crippen molar-refractivity contribution in [3.8, 4) is 5.75 Å². The zero-order valence-electron chi connectivity index (χ0n) is 13.9. The lowest BCUT2D eigenvalue weighted by Gasteiger charge is -2.26. The third-order valence-corrected chi connectivity index (χ3v) is 5.75. The van der Waals surface area contributed by atoms with Crippen molar-refractivity contribution < 1.29 is 13.2 Å². The van der Waals surface area contributed by atoms with Crippen LogP contribution in [0.3, 0.4) is 0 Å². The fourth-order valence-electron chi connectivity index (χ4n) is 2.56. The molecule has 0 saturated heterocycles. The van der Waals surface area contributed by atoms with Crippen LogP contribution in [-0.2, 0) is 10.0 Å². The summed E-state index contributed by atoms with van der Waals surface area (Å²) < 4.78 is 32.8. The molecule has 6 heteroatoms. The molecule has 0 heterocycles. The van der Waals surface area contributed by atoms with Gasteiger partial charge in [0, 0.05) is 0 Å². The van der Waals surface area contributed by atoms with Crippen molar-refractivity contribution in [2.75, 3.05) is 18.0 Å². The minimum absolute atomic E-state index is 0.109. The lowest BCUT2D eigenvalue weighted by Crippen LogP contribution is -2.32. The van der Waals surface area contributed by atoms with Crippen LogP contribution in [0.5, 0.6) is 5.75 Å². The Labute approximate surface area is 148 Å². The fraction of sp³-hybridized carbons (Fsp3) is 0.222. The van der Waals surface area contributed by atoms with E-state index in [1.165, 1.54) is 23.5 Å². The number of anilines is 1. The van der Waals surface area contributed by atoms with Gasteiger partial charge in [-0.15, -0.1) is 6.58 Å². The maximum atomic E-state index is 13.2. The van der Waals surface area contributed by atoms with E-state index in [0.29, 0.717) is 11.4 Å². The summed E-state index contributed by atoms with van der Waals surface area (Å²) in [5, 5.41) is 0.249. The number of nitrogens with zero attached hydrogens (tertiary/aromatic N) is 1. The molecule has 0 fully saturated rings. The highest BCUT2D eigenvalue weighted by Crippen LogP contribution is 2.33. The van der Waals surface area contributed by atoms with Gasteiger partial charge in [-0.1, -0.05) is 35.9 Å². The van der Waals surface area contributed by atoms with E-state index in [0.717, 1.165) is 11.1 Å². The first kappa shape index (κ1) is 18.4. The van der Waals surface area contributed by atoms with Gasteiger partial charge in [0.25, 0.3) is 10.0 Å². The summed E-state index contributed by atoms with van der Waals surface area (Å²) in [5.74, 6) is 0.429. The van der Waals surface area contributed by atoms with Gasteiger partial charge < -0.3 is 4.74 Å². The number of methoxy groups -OCH3 is 1. The van der Waals surface area contributed by atoms with Gasteiger partial charge in [-0.3, -0.25) is 4.31 Å². The molecule has 0 spiro atoms. The smallest absolute Gasteiger partial charge is 0.264 e. The minimum Gasteiger partial charge on any atom is -0.495 e. The molecule has 0 aliphatic carbocycles. The number of ether oxygens (including phenoxy) is 1. The maximum absolute atomic E-state index is 13.2. The molecule has 0 amide bonds. The maximum Gasteiger partial charge on any atom is 0.264 e. The van der Waals surface area contributed by atoms with Crippen molar-refractivity contribution in [3.05, 3.63) is 65.2 Å². The number of halogens is 1. The second-order valence-electron chi connectivity index (χ2n) is 5.36. The molecule has 0 aromatic heterocycles. The van der Waals surface area contributed by atoms with Gasteiger partial charge in [-0.05, 0) is 43.2 Å². The summed E-state index contributed by atoms with van der Waals surface area (Å²) in [5.41, 5.74) is 2.41.